The molecule has 0 aromatic rings. The third-order valence-electron chi connectivity index (χ3n) is 3.45. The van der Waals surface area contributed by atoms with Crippen LogP contribution in [0.15, 0.2) is 0 Å². The number of nitrogens with zero attached hydrogens (tertiary/aromatic N) is 1. The number of rotatable bonds is 4. The van der Waals surface area contributed by atoms with E-state index in [1.54, 1.807) is 0 Å². The minimum absolute atomic E-state index is 0.252. The molecule has 1 saturated carbocycles. The van der Waals surface area contributed by atoms with Crippen LogP contribution in [0.1, 0.15) is 26.7 Å². The molecule has 1 amide bonds. The van der Waals surface area contributed by atoms with Gasteiger partial charge in [0.15, 0.2) is 0 Å². The molecule has 0 aromatic carbocycles. The summed E-state index contributed by atoms with van der Waals surface area (Å²) in [7, 11) is 0. The van der Waals surface area contributed by atoms with E-state index in [2.05, 4.69) is 25.4 Å². The van der Waals surface area contributed by atoms with Crippen molar-refractivity contribution >= 4 is 17.7 Å². The lowest BCUT2D eigenvalue weighted by molar-refractivity contribution is -0.128. The first-order chi connectivity index (χ1) is 7.08. The summed E-state index contributed by atoms with van der Waals surface area (Å²) in [6.07, 6.45) is 4.94. The van der Waals surface area contributed by atoms with Gasteiger partial charge in [0, 0.05) is 11.3 Å². The van der Waals surface area contributed by atoms with Crippen molar-refractivity contribution < 1.29 is 4.79 Å². The van der Waals surface area contributed by atoms with Crippen LogP contribution in [0.3, 0.4) is 0 Å². The second kappa shape index (κ2) is 3.98. The lowest BCUT2D eigenvalue weighted by Gasteiger charge is -2.30. The van der Waals surface area contributed by atoms with E-state index in [-0.39, 0.29) is 12.1 Å². The van der Waals surface area contributed by atoms with Crippen LogP contribution in [0.2, 0.25) is 0 Å². The first-order valence-electron chi connectivity index (χ1n) is 5.66. The molecule has 1 N–H and O–H groups in total. The van der Waals surface area contributed by atoms with Gasteiger partial charge in [-0.2, -0.15) is 11.8 Å². The van der Waals surface area contributed by atoms with Gasteiger partial charge in [0.2, 0.25) is 5.91 Å². The highest BCUT2D eigenvalue weighted by Gasteiger charge is 2.47. The Kier molecular flexibility index (Phi) is 2.99. The van der Waals surface area contributed by atoms with Gasteiger partial charge in [-0.25, -0.2) is 0 Å². The minimum atomic E-state index is 0.252. The van der Waals surface area contributed by atoms with E-state index in [1.165, 1.54) is 12.8 Å². The molecule has 86 valence electrons. The second-order valence-electron chi connectivity index (χ2n) is 4.98. The van der Waals surface area contributed by atoms with E-state index in [0.29, 0.717) is 17.2 Å². The monoisotopic (exact) mass is 228 g/mol. The van der Waals surface area contributed by atoms with E-state index in [4.69, 9.17) is 0 Å². The normalized spacial score (nSPS) is 28.9. The SMILES string of the molecule is CSC1(CN2C(=O)CNC2C(C)C)CC1. The van der Waals surface area contributed by atoms with E-state index in [9.17, 15) is 4.79 Å². The zero-order chi connectivity index (χ0) is 11.1. The predicted octanol–water partition coefficient (Wildman–Crippen LogP) is 1.30. The number of nitrogens with one attached hydrogen (secondary N) is 1. The third-order valence-corrected chi connectivity index (χ3v) is 4.85. The number of carbonyl (C=O) groups excluding carboxylic acids is 1. The summed E-state index contributed by atoms with van der Waals surface area (Å²) in [6, 6.07) is 0. The molecule has 1 saturated heterocycles. The van der Waals surface area contributed by atoms with Crippen LogP contribution >= 0.6 is 11.8 Å². The van der Waals surface area contributed by atoms with Gasteiger partial charge < -0.3 is 4.90 Å². The van der Waals surface area contributed by atoms with Crippen LogP contribution in [0, 0.1) is 5.92 Å². The molecule has 0 aromatic heterocycles. The lowest BCUT2D eigenvalue weighted by Crippen LogP contribution is -2.44. The van der Waals surface area contributed by atoms with Gasteiger partial charge >= 0.3 is 0 Å². The molecule has 1 aliphatic carbocycles. The quantitative estimate of drug-likeness (QED) is 0.787. The maximum atomic E-state index is 11.8. The number of hydrogen-bond acceptors (Lipinski definition) is 3. The zero-order valence-electron chi connectivity index (χ0n) is 9.75. The van der Waals surface area contributed by atoms with E-state index in [0.717, 1.165) is 6.54 Å². The van der Waals surface area contributed by atoms with Crippen molar-refractivity contribution in [3.05, 3.63) is 0 Å². The highest BCUT2D eigenvalue weighted by Crippen LogP contribution is 2.48. The van der Waals surface area contributed by atoms with Crippen LogP contribution < -0.4 is 5.32 Å². The Labute approximate surface area is 96.0 Å². The van der Waals surface area contributed by atoms with Crippen molar-refractivity contribution in [2.45, 2.75) is 37.6 Å². The Balaban J connectivity index is 2.02. The molecule has 1 heterocycles. The van der Waals surface area contributed by atoms with Gasteiger partial charge in [0.1, 0.15) is 0 Å². The Morgan fingerprint density at radius 3 is 2.73 bits per heavy atom. The standard InChI is InChI=1S/C11H20N2OS/c1-8(2)10-12-6-9(14)13(10)7-11(15-3)4-5-11/h8,10,12H,4-7H2,1-3H3. The lowest BCUT2D eigenvalue weighted by atomic mass is 10.1. The van der Waals surface area contributed by atoms with E-state index < -0.39 is 0 Å². The van der Waals surface area contributed by atoms with Crippen LogP contribution in [-0.2, 0) is 4.79 Å². The molecule has 15 heavy (non-hydrogen) atoms. The van der Waals surface area contributed by atoms with Crippen molar-refractivity contribution in [2.75, 3.05) is 19.3 Å². The smallest absolute Gasteiger partial charge is 0.237 e. The molecule has 1 unspecified atom stereocenters. The molecule has 0 bridgehead atoms. The summed E-state index contributed by atoms with van der Waals surface area (Å²) >= 11 is 1.92. The molecule has 1 atom stereocenters. The van der Waals surface area contributed by atoms with Crippen molar-refractivity contribution in [1.29, 1.82) is 0 Å². The van der Waals surface area contributed by atoms with Crippen molar-refractivity contribution in [2.24, 2.45) is 5.92 Å². The molecule has 0 radical (unpaired) electrons. The average molecular weight is 228 g/mol. The summed E-state index contributed by atoms with van der Waals surface area (Å²) in [5, 5.41) is 3.30. The molecular formula is C11H20N2OS. The molecular weight excluding hydrogens is 208 g/mol. The Morgan fingerprint density at radius 2 is 2.27 bits per heavy atom. The summed E-state index contributed by atoms with van der Waals surface area (Å²) in [6.45, 7) is 5.79. The molecule has 0 spiro atoms. The average Bonchev–Trinajstić information content (AvgIpc) is 2.87. The Bertz CT molecular complexity index is 263. The molecule has 2 fully saturated rings. The molecule has 4 heteroatoms. The largest absolute Gasteiger partial charge is 0.324 e. The molecule has 1 aliphatic heterocycles. The first kappa shape index (κ1) is 11.3. The summed E-state index contributed by atoms with van der Waals surface area (Å²) in [5.74, 6) is 0.767. The van der Waals surface area contributed by atoms with Crippen molar-refractivity contribution in [3.8, 4) is 0 Å². The highest BCUT2D eigenvalue weighted by molar-refractivity contribution is 8.00. The van der Waals surface area contributed by atoms with Crippen molar-refractivity contribution in [1.82, 2.24) is 10.2 Å². The maximum Gasteiger partial charge on any atom is 0.237 e. The zero-order valence-corrected chi connectivity index (χ0v) is 10.6. The maximum absolute atomic E-state index is 11.8. The van der Waals surface area contributed by atoms with Gasteiger partial charge in [0.25, 0.3) is 0 Å². The number of thioether (sulfide) groups is 1. The second-order valence-corrected chi connectivity index (χ2v) is 6.25. The summed E-state index contributed by atoms with van der Waals surface area (Å²) < 4.78 is 0.384. The highest BCUT2D eigenvalue weighted by atomic mass is 32.2. The Morgan fingerprint density at radius 1 is 1.60 bits per heavy atom. The third kappa shape index (κ3) is 2.16. The van der Waals surface area contributed by atoms with Crippen LogP contribution in [0.5, 0.6) is 0 Å². The fourth-order valence-corrected chi connectivity index (χ4v) is 3.00. The minimum Gasteiger partial charge on any atom is -0.324 e. The van der Waals surface area contributed by atoms with Gasteiger partial charge in [-0.05, 0) is 25.0 Å². The molecule has 2 rings (SSSR count). The fraction of sp³-hybridized carbons (Fsp3) is 0.909. The number of carbonyl (C=O) groups is 1. The van der Waals surface area contributed by atoms with Gasteiger partial charge in [-0.3, -0.25) is 10.1 Å². The summed E-state index contributed by atoms with van der Waals surface area (Å²) in [4.78, 5) is 13.8. The first-order valence-corrected chi connectivity index (χ1v) is 6.88. The van der Waals surface area contributed by atoms with Crippen LogP contribution in [0.25, 0.3) is 0 Å². The molecule has 2 aliphatic rings. The van der Waals surface area contributed by atoms with Crippen LogP contribution in [0.4, 0.5) is 0 Å². The molecule has 3 nitrogen and oxygen atoms in total. The van der Waals surface area contributed by atoms with Gasteiger partial charge in [0.05, 0.1) is 12.7 Å². The van der Waals surface area contributed by atoms with Gasteiger partial charge in [-0.1, -0.05) is 13.8 Å². The van der Waals surface area contributed by atoms with E-state index in [1.807, 2.05) is 16.7 Å². The Hall–Kier alpha value is -0.220. The number of hydrogen-bond donors (Lipinski definition) is 1. The van der Waals surface area contributed by atoms with Gasteiger partial charge in [-0.15, -0.1) is 0 Å². The summed E-state index contributed by atoms with van der Waals surface area (Å²) in [5.41, 5.74) is 0. The topological polar surface area (TPSA) is 32.3 Å². The van der Waals surface area contributed by atoms with Crippen molar-refractivity contribution in [3.63, 3.8) is 0 Å². The number of amides is 1. The predicted molar refractivity (Wildman–Crippen MR) is 63.8 cm³/mol. The fourth-order valence-electron chi connectivity index (χ4n) is 2.22. The van der Waals surface area contributed by atoms with E-state index >= 15 is 0 Å². The van der Waals surface area contributed by atoms with Crippen LogP contribution in [-0.4, -0.2) is 41.1 Å².